The van der Waals surface area contributed by atoms with Crippen LogP contribution in [0.25, 0.3) is 10.9 Å². The van der Waals surface area contributed by atoms with Crippen molar-refractivity contribution in [3.8, 4) is 5.75 Å². The molecule has 0 saturated heterocycles. The number of aromatic nitrogens is 1. The van der Waals surface area contributed by atoms with Crippen LogP contribution in [0.3, 0.4) is 0 Å². The van der Waals surface area contributed by atoms with Gasteiger partial charge < -0.3 is 42.2 Å². The molecule has 0 saturated carbocycles. The Hall–Kier alpha value is -7.48. The summed E-state index contributed by atoms with van der Waals surface area (Å²) in [5.74, 6) is -10.2. The van der Waals surface area contributed by atoms with E-state index in [9.17, 15) is 53.4 Å². The number of carboxylic acids is 1. The van der Waals surface area contributed by atoms with Crippen LogP contribution in [0.2, 0.25) is 0 Å². The average molecular weight is 1370 g/mol. The average Bonchev–Trinajstić information content (AvgIpc) is 1.58. The van der Waals surface area contributed by atoms with Crippen molar-refractivity contribution in [3.05, 3.63) is 102 Å². The number of aliphatic imine (C=N–C) groups is 1. The molecule has 0 spiro atoms. The van der Waals surface area contributed by atoms with Crippen molar-refractivity contribution in [3.63, 3.8) is 0 Å². The smallest absolute Gasteiger partial charge is 0.306 e. The number of hydrogen-bond donors (Lipinski definition) is 8. The second-order valence-corrected chi connectivity index (χ2v) is 28.7. The fourth-order valence-electron chi connectivity index (χ4n) is 12.6. The highest BCUT2D eigenvalue weighted by Gasteiger charge is 2.38. The number of carbonyl (C=O) groups is 10. The van der Waals surface area contributed by atoms with Crippen LogP contribution >= 0.6 is 11.8 Å². The minimum Gasteiger partial charge on any atom is -0.508 e. The molecule has 0 unspecified atom stereocenters. The van der Waals surface area contributed by atoms with Gasteiger partial charge >= 0.3 is 5.97 Å². The molecule has 0 aliphatic rings. The van der Waals surface area contributed by atoms with E-state index in [-0.39, 0.29) is 81.0 Å². The standard InChI is InChI=1S/C78H115N7O12S/c1-11-14-18-26-52(8)68(87)44-56(30-25-39-80-53(9)79)74(92)84-67(42-54-27-21-17-22-28-54)71(90)46-58(41-55-34-36-61(86)37-35-55)76(94)85-73(51(6)7)72(91)48-63(50(4)5)77(95)83-66(38-40-98-10)70(89)47-59(43-60-49-81-64-32-24-23-31-62(60)64)75(93)82-65(33-20-16-13-3)69(88)45-57(78(96)97)29-19-15-12-2/h17,21-24,27-28,31-32,34-37,49-52,56-59,63,65-67,73,81,86H,11-16,18-20,25-26,29-30,33,38-48H2,1-10H3,(H2,79,80)(H,82,93)(H,83,95)(H,84,92)(H,85,94)(H,96,97)/t52-,56-,57+,58-,59-,63+,65+,66+,67+,73+/m1/s1. The third-order valence-corrected chi connectivity index (χ3v) is 19.5. The van der Waals surface area contributed by atoms with Gasteiger partial charge in [-0.05, 0) is 123 Å². The Bertz CT molecular complexity index is 3200. The minimum absolute atomic E-state index is 0.00778. The first-order valence-corrected chi connectivity index (χ1v) is 37.4. The number of carboxylic acid groups (broad SMARTS) is 1. The number of aliphatic carboxylic acids is 1. The van der Waals surface area contributed by atoms with Gasteiger partial charge in [0.05, 0.1) is 35.9 Å². The van der Waals surface area contributed by atoms with Crippen molar-refractivity contribution < 1.29 is 58.2 Å². The number of Topliss-reactive ketones (excluding diaryl/α,β-unsaturated/α-hetero) is 5. The van der Waals surface area contributed by atoms with Crippen molar-refractivity contribution >= 4 is 87.0 Å². The lowest BCUT2D eigenvalue weighted by atomic mass is 9.84. The van der Waals surface area contributed by atoms with Gasteiger partial charge in [-0.2, -0.15) is 11.8 Å². The Balaban J connectivity index is 1.64. The molecule has 0 fully saturated rings. The molecular formula is C78H115N7O12S. The molecule has 19 nitrogen and oxygen atoms in total. The number of amides is 4. The number of nitrogens with one attached hydrogen (secondary N) is 5. The van der Waals surface area contributed by atoms with Crippen LogP contribution in [0.15, 0.2) is 90.1 Å². The number of thioether (sulfide) groups is 1. The van der Waals surface area contributed by atoms with Gasteiger partial charge in [0.25, 0.3) is 0 Å². The Morgan fingerprint density at radius 2 is 1.02 bits per heavy atom. The summed E-state index contributed by atoms with van der Waals surface area (Å²) in [4.78, 5) is 152. The fourth-order valence-corrected chi connectivity index (χ4v) is 13.1. The molecule has 0 bridgehead atoms. The van der Waals surface area contributed by atoms with Crippen LogP contribution in [0.4, 0.5) is 0 Å². The summed E-state index contributed by atoms with van der Waals surface area (Å²) in [6.45, 7) is 17.2. The lowest BCUT2D eigenvalue weighted by molar-refractivity contribution is -0.144. The van der Waals surface area contributed by atoms with E-state index >= 15 is 4.79 Å². The maximum atomic E-state index is 15.0. The second kappa shape index (κ2) is 44.5. The number of H-pyrrole nitrogens is 1. The first-order valence-electron chi connectivity index (χ1n) is 36.0. The number of phenolic OH excluding ortho intramolecular Hbond substituents is 1. The highest BCUT2D eigenvalue weighted by atomic mass is 32.2. The number of aromatic amines is 1. The Kier molecular flexibility index (Phi) is 37.7. The third kappa shape index (κ3) is 29.1. The van der Waals surface area contributed by atoms with E-state index < -0.39 is 113 Å². The van der Waals surface area contributed by atoms with E-state index in [4.69, 9.17) is 5.73 Å². The molecule has 4 amide bonds. The molecule has 9 N–H and O–H groups in total. The van der Waals surface area contributed by atoms with Crippen LogP contribution in [0.1, 0.15) is 207 Å². The quantitative estimate of drug-likeness (QED) is 0.0116. The topological polar surface area (TPSA) is 313 Å². The van der Waals surface area contributed by atoms with Gasteiger partial charge in [-0.25, -0.2) is 0 Å². The van der Waals surface area contributed by atoms with Gasteiger partial charge in [-0.3, -0.25) is 52.9 Å². The van der Waals surface area contributed by atoms with Crippen LogP contribution in [-0.4, -0.2) is 122 Å². The maximum Gasteiger partial charge on any atom is 0.306 e. The number of rotatable bonds is 51. The summed E-state index contributed by atoms with van der Waals surface area (Å²) >= 11 is 1.47. The molecule has 0 aliphatic carbocycles. The summed E-state index contributed by atoms with van der Waals surface area (Å²) in [6, 6.07) is 18.6. The third-order valence-electron chi connectivity index (χ3n) is 18.8. The second-order valence-electron chi connectivity index (χ2n) is 27.7. The Morgan fingerprint density at radius 1 is 0.510 bits per heavy atom. The predicted molar refractivity (Wildman–Crippen MR) is 391 cm³/mol. The zero-order chi connectivity index (χ0) is 72.3. The number of nitrogens with two attached hydrogens (primary N) is 1. The molecule has 1 aromatic heterocycles. The van der Waals surface area contributed by atoms with Crippen molar-refractivity contribution in [2.24, 2.45) is 58.1 Å². The molecular weight excluding hydrogens is 1260 g/mol. The molecule has 0 radical (unpaired) electrons. The number of amidine groups is 1. The van der Waals surface area contributed by atoms with Gasteiger partial charge in [-0.15, -0.1) is 0 Å². The molecule has 540 valence electrons. The van der Waals surface area contributed by atoms with Gasteiger partial charge in [0.1, 0.15) is 11.5 Å². The number of phenols is 1. The number of ketones is 5. The summed E-state index contributed by atoms with van der Waals surface area (Å²) in [7, 11) is 0. The van der Waals surface area contributed by atoms with Gasteiger partial charge in [0.2, 0.25) is 23.6 Å². The number of para-hydroxylation sites is 1. The number of unbranched alkanes of at least 4 members (excludes halogenated alkanes) is 6. The molecule has 0 aliphatic heterocycles. The van der Waals surface area contributed by atoms with Crippen molar-refractivity contribution in [2.45, 2.75) is 234 Å². The number of benzene rings is 3. The van der Waals surface area contributed by atoms with E-state index in [0.29, 0.717) is 68.6 Å². The molecule has 3 aromatic carbocycles. The van der Waals surface area contributed by atoms with Gasteiger partial charge in [-0.1, -0.05) is 174 Å². The molecule has 20 heteroatoms. The Morgan fingerprint density at radius 3 is 1.62 bits per heavy atom. The summed E-state index contributed by atoms with van der Waals surface area (Å²) < 4.78 is 0. The summed E-state index contributed by atoms with van der Waals surface area (Å²) in [6.07, 6.45) is 12.4. The predicted octanol–water partition coefficient (Wildman–Crippen LogP) is 12.4. The van der Waals surface area contributed by atoms with E-state index in [0.717, 1.165) is 67.0 Å². The number of nitrogens with zero attached hydrogens (tertiary/aromatic N) is 1. The lowest BCUT2D eigenvalue weighted by Gasteiger charge is -2.29. The molecule has 4 aromatic rings. The molecule has 1 heterocycles. The van der Waals surface area contributed by atoms with E-state index in [1.54, 1.807) is 52.9 Å². The zero-order valence-electron chi connectivity index (χ0n) is 60.1. The van der Waals surface area contributed by atoms with E-state index in [2.05, 4.69) is 38.2 Å². The van der Waals surface area contributed by atoms with Crippen molar-refractivity contribution in [2.75, 3.05) is 18.6 Å². The van der Waals surface area contributed by atoms with Crippen molar-refractivity contribution in [1.82, 2.24) is 26.3 Å². The lowest BCUT2D eigenvalue weighted by Crippen LogP contribution is -2.51. The minimum atomic E-state index is -1.14. The van der Waals surface area contributed by atoms with Gasteiger partial charge in [0.15, 0.2) is 23.1 Å². The highest BCUT2D eigenvalue weighted by Crippen LogP contribution is 2.28. The number of carbonyl (C=O) groups excluding carboxylic acids is 9. The zero-order valence-corrected chi connectivity index (χ0v) is 60.9. The summed E-state index contributed by atoms with van der Waals surface area (Å²) in [5, 5.41) is 33.2. The largest absolute Gasteiger partial charge is 0.508 e. The molecule has 98 heavy (non-hydrogen) atoms. The number of hydrogen-bond acceptors (Lipinski definition) is 13. The fraction of sp³-hybridized carbons (Fsp3) is 0.603. The van der Waals surface area contributed by atoms with E-state index in [1.807, 2.05) is 81.6 Å². The maximum absolute atomic E-state index is 15.0. The number of aromatic hydroxyl groups is 1. The van der Waals surface area contributed by atoms with Gasteiger partial charge in [0, 0.05) is 85.3 Å². The molecule has 4 rings (SSSR count). The first-order chi connectivity index (χ1) is 46.8. The normalized spacial score (nSPS) is 14.8. The Labute approximate surface area is 586 Å². The van der Waals surface area contributed by atoms with Crippen LogP contribution < -0.4 is 27.0 Å². The van der Waals surface area contributed by atoms with Crippen LogP contribution in [0, 0.1) is 47.3 Å². The van der Waals surface area contributed by atoms with Crippen molar-refractivity contribution in [1.29, 1.82) is 0 Å². The highest BCUT2D eigenvalue weighted by molar-refractivity contribution is 7.98. The summed E-state index contributed by atoms with van der Waals surface area (Å²) in [5.41, 5.74) is 8.78. The molecule has 10 atom stereocenters. The monoisotopic (exact) mass is 1370 g/mol. The van der Waals surface area contributed by atoms with Crippen LogP contribution in [-0.2, 0) is 67.2 Å². The van der Waals surface area contributed by atoms with E-state index in [1.165, 1.54) is 23.9 Å². The SMILES string of the molecule is CCCCC[C@@H](CC(=O)[C@H](CCCCC)NC(=O)[C@@H](CC(=O)[C@H](CCSC)NC(=O)[C@@H](CC(=O)[C@@H](NC(=O)[C@@H](CC(=O)[C@H](Cc1ccccc1)NC(=O)[C@H](CCCN=C(C)N)CC(=O)[C@H](C)CCCCC)Cc1ccc(O)cc1)C(C)C)C(C)C)Cc1c[nH]c2ccccc12)C(=O)O. The first kappa shape index (κ1) is 82.9. The number of fused-ring (bicyclic) bond motifs is 1. The van der Waals surface area contributed by atoms with Crippen LogP contribution in [0.5, 0.6) is 5.75 Å².